The summed E-state index contributed by atoms with van der Waals surface area (Å²) in [5, 5.41) is 5.01. The van der Waals surface area contributed by atoms with Crippen molar-refractivity contribution in [3.05, 3.63) is 54.1 Å². The summed E-state index contributed by atoms with van der Waals surface area (Å²) in [5.74, 6) is 0.837. The molecule has 1 aliphatic heterocycles. The van der Waals surface area contributed by atoms with Crippen molar-refractivity contribution in [3.63, 3.8) is 0 Å². The molecule has 27 heavy (non-hydrogen) atoms. The molecule has 7 heteroatoms. The predicted octanol–water partition coefficient (Wildman–Crippen LogP) is 2.63. The minimum Gasteiger partial charge on any atom is -0.486 e. The maximum absolute atomic E-state index is 12.3. The van der Waals surface area contributed by atoms with E-state index in [0.29, 0.717) is 36.9 Å². The van der Waals surface area contributed by atoms with Crippen LogP contribution in [-0.2, 0) is 11.3 Å². The van der Waals surface area contributed by atoms with Gasteiger partial charge in [0.05, 0.1) is 6.04 Å². The van der Waals surface area contributed by atoms with Gasteiger partial charge in [-0.1, -0.05) is 30.3 Å². The second-order valence-corrected chi connectivity index (χ2v) is 6.38. The third-order valence-corrected chi connectivity index (χ3v) is 4.35. The van der Waals surface area contributed by atoms with E-state index in [-0.39, 0.29) is 5.91 Å². The number of nitrogens with one attached hydrogen (secondary N) is 2. The van der Waals surface area contributed by atoms with Gasteiger partial charge in [-0.05, 0) is 31.7 Å². The Hall–Kier alpha value is -3.06. The Balaban J connectivity index is 1.53. The molecule has 0 saturated heterocycles. The monoisotopic (exact) mass is 369 g/mol. The van der Waals surface area contributed by atoms with E-state index in [2.05, 4.69) is 10.6 Å². The summed E-state index contributed by atoms with van der Waals surface area (Å²) in [6.45, 7) is 3.34. The Morgan fingerprint density at radius 1 is 1.07 bits per heavy atom. The van der Waals surface area contributed by atoms with Crippen LogP contribution in [0.4, 0.5) is 10.5 Å². The van der Waals surface area contributed by atoms with Crippen LogP contribution in [-0.4, -0.2) is 43.1 Å². The average molecular weight is 369 g/mol. The molecule has 0 bridgehead atoms. The predicted molar refractivity (Wildman–Crippen MR) is 102 cm³/mol. The Kier molecular flexibility index (Phi) is 5.93. The number of hydrogen-bond donors (Lipinski definition) is 2. The van der Waals surface area contributed by atoms with Crippen molar-refractivity contribution in [2.24, 2.45) is 0 Å². The lowest BCUT2D eigenvalue weighted by Gasteiger charge is -2.23. The van der Waals surface area contributed by atoms with E-state index in [1.165, 1.54) is 0 Å². The van der Waals surface area contributed by atoms with Crippen LogP contribution in [0.1, 0.15) is 12.5 Å². The van der Waals surface area contributed by atoms with Crippen molar-refractivity contribution in [2.75, 3.05) is 25.6 Å². The lowest BCUT2D eigenvalue weighted by atomic mass is 10.2. The normalized spacial score (nSPS) is 13.7. The first-order valence-electron chi connectivity index (χ1n) is 8.78. The summed E-state index contributed by atoms with van der Waals surface area (Å²) in [6.07, 6.45) is 0. The number of likely N-dealkylation sites (N-methyl/N-ethyl adjacent to an activating group) is 1. The van der Waals surface area contributed by atoms with Gasteiger partial charge in [-0.2, -0.15) is 0 Å². The van der Waals surface area contributed by atoms with Crippen molar-refractivity contribution < 1.29 is 19.1 Å². The number of nitrogens with zero attached hydrogens (tertiary/aromatic N) is 1. The lowest BCUT2D eigenvalue weighted by molar-refractivity contribution is -0.124. The van der Waals surface area contributed by atoms with E-state index in [1.807, 2.05) is 42.3 Å². The molecule has 0 saturated carbocycles. The fourth-order valence-corrected chi connectivity index (χ4v) is 2.71. The van der Waals surface area contributed by atoms with Gasteiger partial charge in [0.25, 0.3) is 0 Å². The summed E-state index contributed by atoms with van der Waals surface area (Å²) in [4.78, 5) is 26.4. The van der Waals surface area contributed by atoms with Crippen LogP contribution in [0.2, 0.25) is 0 Å². The van der Waals surface area contributed by atoms with Crippen LogP contribution in [0.25, 0.3) is 0 Å². The molecule has 2 aromatic rings. The first kappa shape index (κ1) is 18.7. The van der Waals surface area contributed by atoms with Gasteiger partial charge in [0, 0.05) is 18.3 Å². The number of ether oxygens (including phenoxy) is 2. The van der Waals surface area contributed by atoms with Crippen molar-refractivity contribution in [1.82, 2.24) is 10.2 Å². The van der Waals surface area contributed by atoms with Crippen LogP contribution in [0.15, 0.2) is 48.5 Å². The fourth-order valence-electron chi connectivity index (χ4n) is 2.71. The minimum absolute atomic E-state index is 0.372. The highest BCUT2D eigenvalue weighted by molar-refractivity contribution is 6.02. The number of rotatable bonds is 5. The molecule has 0 spiro atoms. The van der Waals surface area contributed by atoms with Crippen LogP contribution in [0.5, 0.6) is 11.5 Å². The van der Waals surface area contributed by atoms with Gasteiger partial charge in [0.15, 0.2) is 11.5 Å². The van der Waals surface area contributed by atoms with Crippen molar-refractivity contribution in [3.8, 4) is 11.5 Å². The minimum atomic E-state index is -0.586. The summed E-state index contributed by atoms with van der Waals surface area (Å²) in [7, 11) is 1.84. The smallest absolute Gasteiger partial charge is 0.325 e. The van der Waals surface area contributed by atoms with Gasteiger partial charge in [-0.25, -0.2) is 4.79 Å². The number of benzene rings is 2. The quantitative estimate of drug-likeness (QED) is 0.847. The largest absolute Gasteiger partial charge is 0.486 e. The molecule has 2 aromatic carbocycles. The zero-order valence-electron chi connectivity index (χ0n) is 15.4. The lowest BCUT2D eigenvalue weighted by Crippen LogP contribution is -2.46. The van der Waals surface area contributed by atoms with E-state index in [0.717, 1.165) is 5.56 Å². The molecule has 1 aliphatic rings. The van der Waals surface area contributed by atoms with Crippen LogP contribution in [0.3, 0.4) is 0 Å². The van der Waals surface area contributed by atoms with Crippen molar-refractivity contribution in [1.29, 1.82) is 0 Å². The van der Waals surface area contributed by atoms with Gasteiger partial charge >= 0.3 is 6.03 Å². The van der Waals surface area contributed by atoms with Crippen molar-refractivity contribution >= 4 is 17.6 Å². The first-order chi connectivity index (χ1) is 13.0. The molecule has 2 N–H and O–H groups in total. The number of hydrogen-bond acceptors (Lipinski definition) is 5. The highest BCUT2D eigenvalue weighted by Crippen LogP contribution is 2.32. The van der Waals surface area contributed by atoms with Gasteiger partial charge in [-0.15, -0.1) is 0 Å². The Morgan fingerprint density at radius 2 is 1.78 bits per heavy atom. The van der Waals surface area contributed by atoms with Gasteiger partial charge < -0.3 is 14.8 Å². The third-order valence-electron chi connectivity index (χ3n) is 4.35. The second-order valence-electron chi connectivity index (χ2n) is 6.38. The molecule has 142 valence electrons. The number of urea groups is 1. The molecule has 1 atom stereocenters. The number of anilines is 1. The molecule has 3 amide bonds. The standard InChI is InChI=1S/C20H23N3O4/c1-14(23(2)13-15-6-4-3-5-7-15)19(24)22-20(25)21-16-8-9-17-18(12-16)27-11-10-26-17/h3-9,12,14H,10-11,13H2,1-2H3,(H2,21,22,24,25). The van der Waals surface area contributed by atoms with Gasteiger partial charge in [-0.3, -0.25) is 15.0 Å². The van der Waals surface area contributed by atoms with Crippen LogP contribution < -0.4 is 20.1 Å². The van der Waals surface area contributed by atoms with E-state index in [4.69, 9.17) is 9.47 Å². The average Bonchev–Trinajstić information content (AvgIpc) is 2.67. The highest BCUT2D eigenvalue weighted by Gasteiger charge is 2.20. The maximum Gasteiger partial charge on any atom is 0.325 e. The SMILES string of the molecule is CC(C(=O)NC(=O)Nc1ccc2c(c1)OCCO2)N(C)Cc1ccccc1. The van der Waals surface area contributed by atoms with Gasteiger partial charge in [0.2, 0.25) is 5.91 Å². The van der Waals surface area contributed by atoms with Gasteiger partial charge in [0.1, 0.15) is 13.2 Å². The molecule has 1 heterocycles. The van der Waals surface area contributed by atoms with Crippen molar-refractivity contribution in [2.45, 2.75) is 19.5 Å². The maximum atomic E-state index is 12.3. The molecule has 0 radical (unpaired) electrons. The molecule has 3 rings (SSSR count). The summed E-state index contributed by atoms with van der Waals surface area (Å²) >= 11 is 0. The molecule has 0 aliphatic carbocycles. The Morgan fingerprint density at radius 3 is 2.52 bits per heavy atom. The highest BCUT2D eigenvalue weighted by atomic mass is 16.6. The van der Waals surface area contributed by atoms with Crippen LogP contribution in [0, 0.1) is 0 Å². The van der Waals surface area contributed by atoms with E-state index < -0.39 is 12.1 Å². The second kappa shape index (κ2) is 8.55. The molecule has 0 aromatic heterocycles. The molecular formula is C20H23N3O4. The zero-order valence-corrected chi connectivity index (χ0v) is 15.4. The molecular weight excluding hydrogens is 346 g/mol. The number of carbonyl (C=O) groups excluding carboxylic acids is 2. The number of fused-ring (bicyclic) bond motifs is 1. The zero-order chi connectivity index (χ0) is 19.2. The molecule has 0 fully saturated rings. The van der Waals surface area contributed by atoms with E-state index in [9.17, 15) is 9.59 Å². The summed E-state index contributed by atoms with van der Waals surface area (Å²) in [5.41, 5.74) is 1.62. The fraction of sp³-hybridized carbons (Fsp3) is 0.300. The Bertz CT molecular complexity index is 810. The topological polar surface area (TPSA) is 79.9 Å². The van der Waals surface area contributed by atoms with E-state index in [1.54, 1.807) is 25.1 Å². The number of amides is 3. The number of imide groups is 1. The van der Waals surface area contributed by atoms with E-state index >= 15 is 0 Å². The summed E-state index contributed by atoms with van der Waals surface area (Å²) in [6, 6.07) is 13.9. The Labute approximate surface area is 158 Å². The first-order valence-corrected chi connectivity index (χ1v) is 8.78. The van der Waals surface area contributed by atoms with Crippen LogP contribution >= 0.6 is 0 Å². The number of carbonyl (C=O) groups is 2. The third kappa shape index (κ3) is 4.98. The summed E-state index contributed by atoms with van der Waals surface area (Å²) < 4.78 is 10.9. The molecule has 1 unspecified atom stereocenters. The molecule has 7 nitrogen and oxygen atoms in total.